The van der Waals surface area contributed by atoms with E-state index in [0.717, 1.165) is 25.7 Å². The van der Waals surface area contributed by atoms with Crippen LogP contribution < -0.4 is 4.90 Å². The lowest BCUT2D eigenvalue weighted by Gasteiger charge is -2.22. The van der Waals surface area contributed by atoms with Gasteiger partial charge in [-0.3, -0.25) is 14.7 Å². The van der Waals surface area contributed by atoms with Gasteiger partial charge in [-0.1, -0.05) is 44.1 Å². The molecular weight excluding hydrogens is 523 g/mol. The molecule has 2 heterocycles. The molecule has 2 aromatic carbocycles. The fourth-order valence-corrected chi connectivity index (χ4v) is 6.48. The summed E-state index contributed by atoms with van der Waals surface area (Å²) in [6.45, 7) is 5.16. The molecule has 10 heteroatoms. The second-order valence-corrected chi connectivity index (χ2v) is 11.9. The number of aromatic nitrogens is 2. The van der Waals surface area contributed by atoms with E-state index < -0.39 is 10.0 Å². The van der Waals surface area contributed by atoms with Gasteiger partial charge in [0.25, 0.3) is 5.91 Å². The number of sulfonamides is 1. The van der Waals surface area contributed by atoms with Crippen LogP contribution in [0.4, 0.5) is 9.52 Å². The van der Waals surface area contributed by atoms with Gasteiger partial charge in [-0.25, -0.2) is 17.8 Å². The van der Waals surface area contributed by atoms with Crippen LogP contribution in [0.5, 0.6) is 0 Å². The Morgan fingerprint density at radius 1 is 0.974 bits per heavy atom. The zero-order valence-corrected chi connectivity index (χ0v) is 23.1. The second kappa shape index (κ2) is 12.6. The van der Waals surface area contributed by atoms with Crippen molar-refractivity contribution in [1.82, 2.24) is 14.3 Å². The van der Waals surface area contributed by atoms with Crippen molar-refractivity contribution in [3.63, 3.8) is 0 Å². The van der Waals surface area contributed by atoms with Gasteiger partial charge in [0.05, 0.1) is 27.4 Å². The highest BCUT2D eigenvalue weighted by Gasteiger charge is 2.26. The van der Waals surface area contributed by atoms with E-state index >= 15 is 0 Å². The van der Waals surface area contributed by atoms with Gasteiger partial charge in [0.15, 0.2) is 5.13 Å². The molecule has 0 atom stereocenters. The van der Waals surface area contributed by atoms with Gasteiger partial charge >= 0.3 is 0 Å². The molecule has 0 N–H and O–H groups in total. The van der Waals surface area contributed by atoms with E-state index in [4.69, 9.17) is 0 Å². The molecule has 38 heavy (non-hydrogen) atoms. The van der Waals surface area contributed by atoms with E-state index in [1.807, 2.05) is 26.0 Å². The van der Waals surface area contributed by atoms with Crippen molar-refractivity contribution in [1.29, 1.82) is 0 Å². The van der Waals surface area contributed by atoms with Crippen LogP contribution in [0.3, 0.4) is 0 Å². The molecule has 4 aromatic rings. The van der Waals surface area contributed by atoms with Crippen molar-refractivity contribution in [2.45, 2.75) is 51.0 Å². The normalized spacial score (nSPS) is 11.8. The number of anilines is 1. The van der Waals surface area contributed by atoms with Crippen molar-refractivity contribution in [2.24, 2.45) is 0 Å². The predicted molar refractivity (Wildman–Crippen MR) is 149 cm³/mol. The number of amides is 1. The Morgan fingerprint density at radius 2 is 1.68 bits per heavy atom. The molecule has 0 radical (unpaired) electrons. The number of nitrogens with zero attached hydrogens (tertiary/aromatic N) is 4. The van der Waals surface area contributed by atoms with Gasteiger partial charge in [0.1, 0.15) is 5.82 Å². The molecule has 0 saturated carbocycles. The summed E-state index contributed by atoms with van der Waals surface area (Å²) in [6, 6.07) is 15.8. The number of thiazole rings is 1. The maximum atomic E-state index is 13.8. The first kappa shape index (κ1) is 27.8. The minimum Gasteiger partial charge on any atom is -0.278 e. The Labute approximate surface area is 227 Å². The lowest BCUT2D eigenvalue weighted by Crippen LogP contribution is -2.33. The molecule has 0 bridgehead atoms. The third-order valence-corrected chi connectivity index (χ3v) is 9.08. The fourth-order valence-electron chi connectivity index (χ4n) is 3.98. The van der Waals surface area contributed by atoms with Gasteiger partial charge in [-0.2, -0.15) is 4.31 Å². The van der Waals surface area contributed by atoms with Crippen molar-refractivity contribution < 1.29 is 17.6 Å². The average molecular weight is 555 g/mol. The number of hydrogen-bond acceptors (Lipinski definition) is 6. The SMILES string of the molecule is CCCCN(CCCC)S(=O)(=O)c1ccc(C(=O)N(Cc2ccccn2)c2nc3ccc(F)cc3s2)cc1. The highest BCUT2D eigenvalue weighted by atomic mass is 32.2. The van der Waals surface area contributed by atoms with Gasteiger partial charge in [-0.15, -0.1) is 0 Å². The molecule has 0 aliphatic carbocycles. The first-order chi connectivity index (χ1) is 18.3. The zero-order chi connectivity index (χ0) is 27.1. The van der Waals surface area contributed by atoms with Crippen LogP contribution in [0.15, 0.2) is 71.8 Å². The maximum Gasteiger partial charge on any atom is 0.260 e. The second-order valence-electron chi connectivity index (χ2n) is 8.96. The number of rotatable bonds is 12. The molecule has 0 fully saturated rings. The summed E-state index contributed by atoms with van der Waals surface area (Å²) >= 11 is 1.21. The minimum atomic E-state index is -3.68. The highest BCUT2D eigenvalue weighted by molar-refractivity contribution is 7.89. The van der Waals surface area contributed by atoms with Gasteiger partial charge in [0.2, 0.25) is 10.0 Å². The molecular formula is C28H31FN4O3S2. The number of carbonyl (C=O) groups excluding carboxylic acids is 1. The number of pyridine rings is 1. The Kier molecular flexibility index (Phi) is 9.19. The monoisotopic (exact) mass is 554 g/mol. The van der Waals surface area contributed by atoms with Crippen LogP contribution in [0, 0.1) is 5.82 Å². The summed E-state index contributed by atoms with van der Waals surface area (Å²) < 4.78 is 42.6. The van der Waals surface area contributed by atoms with Crippen molar-refractivity contribution in [3.05, 3.63) is 83.9 Å². The predicted octanol–water partition coefficient (Wildman–Crippen LogP) is 6.27. The smallest absolute Gasteiger partial charge is 0.260 e. The molecule has 2 aromatic heterocycles. The highest BCUT2D eigenvalue weighted by Crippen LogP contribution is 2.31. The maximum absolute atomic E-state index is 13.8. The summed E-state index contributed by atoms with van der Waals surface area (Å²) in [4.78, 5) is 24.3. The summed E-state index contributed by atoms with van der Waals surface area (Å²) in [5, 5.41) is 0.406. The zero-order valence-electron chi connectivity index (χ0n) is 21.5. The van der Waals surface area contributed by atoms with Crippen LogP contribution >= 0.6 is 11.3 Å². The minimum absolute atomic E-state index is 0.157. The van der Waals surface area contributed by atoms with E-state index in [0.29, 0.717) is 39.7 Å². The molecule has 200 valence electrons. The Bertz CT molecular complexity index is 1470. The molecule has 0 spiro atoms. The van der Waals surface area contributed by atoms with Crippen LogP contribution in [-0.4, -0.2) is 41.7 Å². The summed E-state index contributed by atoms with van der Waals surface area (Å²) in [5.41, 5.74) is 1.57. The van der Waals surface area contributed by atoms with E-state index in [1.54, 1.807) is 18.3 Å². The fraction of sp³-hybridized carbons (Fsp3) is 0.321. The topological polar surface area (TPSA) is 83.5 Å². The van der Waals surface area contributed by atoms with Crippen molar-refractivity contribution >= 4 is 42.6 Å². The number of carbonyl (C=O) groups is 1. The van der Waals surface area contributed by atoms with Crippen LogP contribution in [0.25, 0.3) is 10.2 Å². The molecule has 0 saturated heterocycles. The molecule has 0 unspecified atom stereocenters. The van der Waals surface area contributed by atoms with Gasteiger partial charge in [0, 0.05) is 24.8 Å². The third-order valence-electron chi connectivity index (χ3n) is 6.12. The van der Waals surface area contributed by atoms with E-state index in [1.165, 1.54) is 56.9 Å². The Hall–Kier alpha value is -3.21. The molecule has 0 aliphatic heterocycles. The molecule has 1 amide bonds. The van der Waals surface area contributed by atoms with Crippen molar-refractivity contribution in [2.75, 3.05) is 18.0 Å². The Morgan fingerprint density at radius 3 is 2.32 bits per heavy atom. The first-order valence-corrected chi connectivity index (χ1v) is 15.0. The van der Waals surface area contributed by atoms with Gasteiger partial charge < -0.3 is 0 Å². The first-order valence-electron chi connectivity index (χ1n) is 12.7. The van der Waals surface area contributed by atoms with Crippen LogP contribution in [0.1, 0.15) is 55.6 Å². The largest absolute Gasteiger partial charge is 0.278 e. The van der Waals surface area contributed by atoms with Gasteiger partial charge in [-0.05, 0) is 67.4 Å². The van der Waals surface area contributed by atoms with Crippen LogP contribution in [-0.2, 0) is 16.6 Å². The Balaban J connectivity index is 1.64. The number of halogens is 1. The lowest BCUT2D eigenvalue weighted by molar-refractivity contribution is 0.0984. The standard InChI is InChI=1S/C28H31FN4O3S2/c1-3-5-17-32(18-6-4-2)38(35,36)24-13-10-21(11-14-24)27(34)33(20-23-9-7-8-16-30-23)28-31-25-15-12-22(29)19-26(25)37-28/h7-16,19H,3-6,17-18,20H2,1-2H3. The number of hydrogen-bond donors (Lipinski definition) is 0. The van der Waals surface area contributed by atoms with Crippen molar-refractivity contribution in [3.8, 4) is 0 Å². The molecule has 4 rings (SSSR count). The molecule has 7 nitrogen and oxygen atoms in total. The van der Waals surface area contributed by atoms with E-state index in [2.05, 4.69) is 9.97 Å². The lowest BCUT2D eigenvalue weighted by atomic mass is 10.2. The van der Waals surface area contributed by atoms with E-state index in [9.17, 15) is 17.6 Å². The average Bonchev–Trinajstić information content (AvgIpc) is 3.35. The van der Waals surface area contributed by atoms with E-state index in [-0.39, 0.29) is 23.2 Å². The summed E-state index contributed by atoms with van der Waals surface area (Å²) in [7, 11) is -3.68. The molecule has 0 aliphatic rings. The number of unbranched alkanes of at least 4 members (excludes halogenated alkanes) is 2. The number of fused-ring (bicyclic) bond motifs is 1. The van der Waals surface area contributed by atoms with Crippen LogP contribution in [0.2, 0.25) is 0 Å². The quantitative estimate of drug-likeness (QED) is 0.206. The number of benzene rings is 2. The third kappa shape index (κ3) is 6.43. The summed E-state index contributed by atoms with van der Waals surface area (Å²) in [6.07, 6.45) is 5.02. The summed E-state index contributed by atoms with van der Waals surface area (Å²) in [5.74, 6) is -0.730.